The van der Waals surface area contributed by atoms with E-state index in [9.17, 15) is 0 Å². The molecule has 3 aromatic rings. The van der Waals surface area contributed by atoms with Crippen LogP contribution in [0.4, 0.5) is 10.8 Å². The van der Waals surface area contributed by atoms with E-state index in [1.165, 1.54) is 11.1 Å². The van der Waals surface area contributed by atoms with Gasteiger partial charge < -0.3 is 5.32 Å². The second-order valence-corrected chi connectivity index (χ2v) is 7.19. The van der Waals surface area contributed by atoms with Gasteiger partial charge in [-0.2, -0.15) is 0 Å². The third-order valence-electron chi connectivity index (χ3n) is 3.28. The quantitative estimate of drug-likeness (QED) is 0.718. The van der Waals surface area contributed by atoms with Gasteiger partial charge in [0.05, 0.1) is 21.3 Å². The number of rotatable bonds is 3. The number of nitrogens with one attached hydrogen (secondary N) is 1. The molecular formula is C16H17N3S2. The van der Waals surface area contributed by atoms with Crippen molar-refractivity contribution in [3.63, 3.8) is 0 Å². The minimum absolute atomic E-state index is 0.921. The summed E-state index contributed by atoms with van der Waals surface area (Å²) in [6.45, 7) is 8.27. The summed E-state index contributed by atoms with van der Waals surface area (Å²) >= 11 is 3.33. The monoisotopic (exact) mass is 315 g/mol. The van der Waals surface area contributed by atoms with Crippen LogP contribution >= 0.6 is 22.7 Å². The number of hydrogen-bond donors (Lipinski definition) is 1. The van der Waals surface area contributed by atoms with Crippen molar-refractivity contribution in [3.8, 4) is 10.6 Å². The molecule has 5 heteroatoms. The van der Waals surface area contributed by atoms with E-state index in [1.807, 2.05) is 13.8 Å². The van der Waals surface area contributed by atoms with Crippen LogP contribution in [0.5, 0.6) is 0 Å². The number of thiazole rings is 2. The fraction of sp³-hybridized carbons (Fsp3) is 0.250. The van der Waals surface area contributed by atoms with Gasteiger partial charge >= 0.3 is 0 Å². The fourth-order valence-electron chi connectivity index (χ4n) is 2.19. The van der Waals surface area contributed by atoms with E-state index in [2.05, 4.69) is 47.7 Å². The molecule has 108 valence electrons. The predicted molar refractivity (Wildman–Crippen MR) is 91.9 cm³/mol. The van der Waals surface area contributed by atoms with Crippen molar-refractivity contribution in [2.45, 2.75) is 27.7 Å². The highest BCUT2D eigenvalue weighted by atomic mass is 32.1. The molecule has 0 spiro atoms. The lowest BCUT2D eigenvalue weighted by molar-refractivity contribution is 1.20. The Morgan fingerprint density at radius 1 is 1.05 bits per heavy atom. The van der Waals surface area contributed by atoms with Gasteiger partial charge in [0.25, 0.3) is 0 Å². The largest absolute Gasteiger partial charge is 0.331 e. The van der Waals surface area contributed by atoms with Gasteiger partial charge in [0, 0.05) is 11.1 Å². The second-order valence-electron chi connectivity index (χ2n) is 5.13. The second kappa shape index (κ2) is 5.58. The van der Waals surface area contributed by atoms with Crippen LogP contribution in [0.1, 0.15) is 21.8 Å². The van der Waals surface area contributed by atoms with E-state index in [4.69, 9.17) is 4.98 Å². The summed E-state index contributed by atoms with van der Waals surface area (Å²) in [5.41, 5.74) is 5.65. The third-order valence-corrected chi connectivity index (χ3v) is 5.13. The van der Waals surface area contributed by atoms with Crippen molar-refractivity contribution in [1.82, 2.24) is 9.97 Å². The first-order valence-corrected chi connectivity index (χ1v) is 8.47. The maximum Gasteiger partial charge on any atom is 0.187 e. The van der Waals surface area contributed by atoms with E-state index in [0.29, 0.717) is 0 Å². The number of benzene rings is 1. The average molecular weight is 315 g/mol. The van der Waals surface area contributed by atoms with Gasteiger partial charge in [-0.25, -0.2) is 9.97 Å². The van der Waals surface area contributed by atoms with Crippen molar-refractivity contribution in [2.24, 2.45) is 0 Å². The van der Waals surface area contributed by atoms with Crippen LogP contribution < -0.4 is 5.32 Å². The van der Waals surface area contributed by atoms with Crippen LogP contribution in [0, 0.1) is 27.7 Å². The first kappa shape index (κ1) is 14.2. The molecule has 0 bridgehead atoms. The zero-order chi connectivity index (χ0) is 15.0. The summed E-state index contributed by atoms with van der Waals surface area (Å²) < 4.78 is 0. The number of hydrogen-bond acceptors (Lipinski definition) is 5. The third kappa shape index (κ3) is 2.99. The SMILES string of the molecule is Cc1ccc(C)c(Nc2nc(-c3sc(C)nc3C)cs2)c1. The Balaban J connectivity index is 1.89. The highest BCUT2D eigenvalue weighted by Gasteiger charge is 2.12. The van der Waals surface area contributed by atoms with Crippen LogP contribution in [-0.2, 0) is 0 Å². The number of aryl methyl sites for hydroxylation is 4. The van der Waals surface area contributed by atoms with Gasteiger partial charge in [-0.1, -0.05) is 12.1 Å². The lowest BCUT2D eigenvalue weighted by Crippen LogP contribution is -1.93. The summed E-state index contributed by atoms with van der Waals surface area (Å²) in [6.07, 6.45) is 0. The molecule has 0 aliphatic rings. The summed E-state index contributed by atoms with van der Waals surface area (Å²) in [5.74, 6) is 0. The zero-order valence-corrected chi connectivity index (χ0v) is 14.2. The van der Waals surface area contributed by atoms with Gasteiger partial charge in [-0.15, -0.1) is 22.7 Å². The predicted octanol–water partition coefficient (Wildman–Crippen LogP) is 5.24. The smallest absolute Gasteiger partial charge is 0.187 e. The Hall–Kier alpha value is -1.72. The molecule has 21 heavy (non-hydrogen) atoms. The molecule has 0 aliphatic carbocycles. The number of aromatic nitrogens is 2. The Morgan fingerprint density at radius 2 is 1.86 bits per heavy atom. The van der Waals surface area contributed by atoms with E-state index < -0.39 is 0 Å². The van der Waals surface area contributed by atoms with Gasteiger partial charge in [-0.3, -0.25) is 0 Å². The van der Waals surface area contributed by atoms with E-state index in [1.54, 1.807) is 22.7 Å². The van der Waals surface area contributed by atoms with Crippen LogP contribution in [0.15, 0.2) is 23.6 Å². The summed E-state index contributed by atoms with van der Waals surface area (Å²) in [5, 5.41) is 7.52. The molecule has 0 unspecified atom stereocenters. The maximum atomic E-state index is 4.70. The molecule has 0 atom stereocenters. The Morgan fingerprint density at radius 3 is 2.57 bits per heavy atom. The van der Waals surface area contributed by atoms with Crippen molar-refractivity contribution >= 4 is 33.5 Å². The normalized spacial score (nSPS) is 10.9. The molecule has 0 fully saturated rings. The van der Waals surface area contributed by atoms with Crippen LogP contribution in [0.2, 0.25) is 0 Å². The Labute approximate surface area is 132 Å². The maximum absolute atomic E-state index is 4.70. The minimum Gasteiger partial charge on any atom is -0.331 e. The van der Waals surface area contributed by atoms with Crippen LogP contribution in [-0.4, -0.2) is 9.97 Å². The highest BCUT2D eigenvalue weighted by Crippen LogP contribution is 2.33. The first-order chi connectivity index (χ1) is 10.0. The highest BCUT2D eigenvalue weighted by molar-refractivity contribution is 7.16. The lowest BCUT2D eigenvalue weighted by atomic mass is 10.1. The fourth-order valence-corrected chi connectivity index (χ4v) is 3.86. The number of anilines is 2. The molecule has 3 nitrogen and oxygen atoms in total. The molecular weight excluding hydrogens is 298 g/mol. The van der Waals surface area contributed by atoms with E-state index in [-0.39, 0.29) is 0 Å². The summed E-state index contributed by atoms with van der Waals surface area (Å²) in [7, 11) is 0. The topological polar surface area (TPSA) is 37.8 Å². The molecule has 2 heterocycles. The Kier molecular flexibility index (Phi) is 3.78. The Bertz CT molecular complexity index is 787. The number of nitrogens with zero attached hydrogens (tertiary/aromatic N) is 2. The van der Waals surface area contributed by atoms with Gasteiger partial charge in [0.2, 0.25) is 0 Å². The lowest BCUT2D eigenvalue weighted by Gasteiger charge is -2.07. The molecule has 0 saturated carbocycles. The van der Waals surface area contributed by atoms with Gasteiger partial charge in [0.15, 0.2) is 5.13 Å². The molecule has 0 radical (unpaired) electrons. The van der Waals surface area contributed by atoms with E-state index >= 15 is 0 Å². The molecule has 0 aliphatic heterocycles. The van der Waals surface area contributed by atoms with Gasteiger partial charge in [0.1, 0.15) is 0 Å². The minimum atomic E-state index is 0.921. The van der Waals surface area contributed by atoms with Crippen LogP contribution in [0.25, 0.3) is 10.6 Å². The zero-order valence-electron chi connectivity index (χ0n) is 12.5. The van der Waals surface area contributed by atoms with Crippen molar-refractivity contribution < 1.29 is 0 Å². The van der Waals surface area contributed by atoms with Crippen molar-refractivity contribution in [3.05, 3.63) is 45.4 Å². The molecule has 3 rings (SSSR count). The molecule has 2 aromatic heterocycles. The molecule has 0 amide bonds. The first-order valence-electron chi connectivity index (χ1n) is 6.77. The average Bonchev–Trinajstić information content (AvgIpc) is 3.00. The summed E-state index contributed by atoms with van der Waals surface area (Å²) in [6, 6.07) is 6.40. The standard InChI is InChI=1S/C16H17N3S2/c1-9-5-6-10(2)13(7-9)18-16-19-14(8-20-16)15-11(3)17-12(4)21-15/h5-8H,1-4H3,(H,18,19). The van der Waals surface area contributed by atoms with E-state index in [0.717, 1.165) is 32.1 Å². The molecule has 1 N–H and O–H groups in total. The van der Waals surface area contributed by atoms with Gasteiger partial charge in [-0.05, 0) is 44.9 Å². The molecule has 1 aromatic carbocycles. The van der Waals surface area contributed by atoms with Crippen molar-refractivity contribution in [2.75, 3.05) is 5.32 Å². The van der Waals surface area contributed by atoms with Crippen molar-refractivity contribution in [1.29, 1.82) is 0 Å². The van der Waals surface area contributed by atoms with Crippen LogP contribution in [0.3, 0.4) is 0 Å². The summed E-state index contributed by atoms with van der Waals surface area (Å²) in [4.78, 5) is 10.3. The molecule has 0 saturated heterocycles.